The molecule has 6 aromatic rings. The van der Waals surface area contributed by atoms with Crippen LogP contribution in [-0.4, -0.2) is 4.98 Å². The highest BCUT2D eigenvalue weighted by molar-refractivity contribution is 6.07. The molecule has 4 N–H and O–H groups in total. The summed E-state index contributed by atoms with van der Waals surface area (Å²) in [4.78, 5) is 5.44. The molecule has 3 nitrogen and oxygen atoms in total. The van der Waals surface area contributed by atoms with E-state index in [0.29, 0.717) is 0 Å². The molecule has 0 amide bonds. The molecule has 0 saturated carbocycles. The summed E-state index contributed by atoms with van der Waals surface area (Å²) in [5, 5.41) is 1.03. The van der Waals surface area contributed by atoms with Gasteiger partial charge in [-0.2, -0.15) is 0 Å². The number of aromatic nitrogens is 1. The average Bonchev–Trinajstić information content (AvgIpc) is 3.04. The summed E-state index contributed by atoms with van der Waals surface area (Å²) in [5.74, 6) is 0. The zero-order valence-corrected chi connectivity index (χ0v) is 23.9. The summed E-state index contributed by atoms with van der Waals surface area (Å²) in [6.07, 6.45) is 0. The molecule has 1 aromatic heterocycles. The maximum Gasteiger partial charge on any atom is 0.110 e. The summed E-state index contributed by atoms with van der Waals surface area (Å²) < 4.78 is 0. The number of benzene rings is 5. The van der Waals surface area contributed by atoms with Crippen LogP contribution in [0.1, 0.15) is 44.6 Å². The van der Waals surface area contributed by atoms with Crippen molar-refractivity contribution in [3.05, 3.63) is 184 Å². The van der Waals surface area contributed by atoms with Crippen LogP contribution in [-0.2, 0) is 11.1 Å². The molecule has 1 heterocycles. The lowest BCUT2D eigenvalue weighted by atomic mass is 9.54. The van der Waals surface area contributed by atoms with Crippen molar-refractivity contribution < 1.29 is 0 Å². The number of nitrogens with two attached hydrogens (primary N) is 2. The van der Waals surface area contributed by atoms with Crippen LogP contribution in [0, 0.1) is 13.8 Å². The van der Waals surface area contributed by atoms with Crippen molar-refractivity contribution in [2.75, 3.05) is 0 Å². The first-order valence-corrected chi connectivity index (χ1v) is 14.4. The van der Waals surface area contributed by atoms with Crippen molar-refractivity contribution in [3.8, 4) is 0 Å². The predicted octanol–water partition coefficient (Wildman–Crippen LogP) is 7.88. The number of aryl methyl sites for hydroxylation is 2. The fraction of sp³-hybridized carbons (Fsp3) is 0.103. The molecule has 7 rings (SSSR count). The molecule has 0 atom stereocenters. The van der Waals surface area contributed by atoms with Crippen LogP contribution in [0.2, 0.25) is 0 Å². The van der Waals surface area contributed by atoms with Gasteiger partial charge in [0.1, 0.15) is 5.66 Å². The van der Waals surface area contributed by atoms with Crippen LogP contribution >= 0.6 is 0 Å². The van der Waals surface area contributed by atoms with Crippen LogP contribution < -0.4 is 11.5 Å². The molecular weight excluding hydrogens is 510 g/mol. The minimum atomic E-state index is -1.37. The highest BCUT2D eigenvalue weighted by atomic mass is 15.0. The van der Waals surface area contributed by atoms with E-state index < -0.39 is 11.1 Å². The number of nitrogens with zero attached hydrogens (tertiary/aromatic N) is 1. The summed E-state index contributed by atoms with van der Waals surface area (Å²) in [6.45, 7) is 4.27. The van der Waals surface area contributed by atoms with Gasteiger partial charge in [0.15, 0.2) is 0 Å². The molecule has 204 valence electrons. The van der Waals surface area contributed by atoms with Crippen LogP contribution in [0.3, 0.4) is 0 Å². The maximum atomic E-state index is 7.66. The minimum Gasteiger partial charge on any atom is -0.308 e. The first-order valence-electron chi connectivity index (χ1n) is 14.4. The zero-order valence-electron chi connectivity index (χ0n) is 23.9. The second-order valence-corrected chi connectivity index (χ2v) is 11.3. The standard InChI is InChI=1S/C39H33N3/c1-26-23-24-30-25-33-37(42-36(30)27(26)2)34(28-15-7-3-8-16-28)35(29-17-9-4-10-18-29)38(39(33,40)41,31-19-11-5-12-20-31)32-21-13-6-14-22-32/h3-25H,40-41H2,1-2H3. The van der Waals surface area contributed by atoms with Crippen LogP contribution in [0.25, 0.3) is 22.0 Å². The van der Waals surface area contributed by atoms with Gasteiger partial charge in [-0.25, -0.2) is 4.98 Å². The molecule has 1 aliphatic carbocycles. The number of hydrogen-bond acceptors (Lipinski definition) is 3. The van der Waals surface area contributed by atoms with E-state index >= 15 is 0 Å². The smallest absolute Gasteiger partial charge is 0.110 e. The third-order valence-corrected chi connectivity index (χ3v) is 8.98. The number of rotatable bonds is 4. The molecule has 0 saturated heterocycles. The van der Waals surface area contributed by atoms with Crippen LogP contribution in [0.4, 0.5) is 0 Å². The Morgan fingerprint density at radius 3 is 1.62 bits per heavy atom. The molecule has 0 radical (unpaired) electrons. The van der Waals surface area contributed by atoms with Gasteiger partial charge in [0.05, 0.1) is 16.6 Å². The molecule has 5 aromatic carbocycles. The Morgan fingerprint density at radius 1 is 0.571 bits per heavy atom. The lowest BCUT2D eigenvalue weighted by Gasteiger charge is -2.53. The molecule has 0 spiro atoms. The summed E-state index contributed by atoms with van der Waals surface area (Å²) in [6, 6.07) is 48.5. The average molecular weight is 544 g/mol. The Bertz CT molecular complexity index is 1900. The van der Waals surface area contributed by atoms with Crippen molar-refractivity contribution >= 4 is 22.0 Å². The molecule has 0 unspecified atom stereocenters. The van der Waals surface area contributed by atoms with Gasteiger partial charge in [-0.15, -0.1) is 0 Å². The molecule has 42 heavy (non-hydrogen) atoms. The minimum absolute atomic E-state index is 0.824. The fourth-order valence-corrected chi connectivity index (χ4v) is 6.86. The zero-order chi connectivity index (χ0) is 28.9. The lowest BCUT2D eigenvalue weighted by Crippen LogP contribution is -2.65. The maximum absolute atomic E-state index is 7.66. The number of hydrogen-bond donors (Lipinski definition) is 2. The van der Waals surface area contributed by atoms with Crippen LogP contribution in [0.15, 0.2) is 140 Å². The molecular formula is C39H33N3. The largest absolute Gasteiger partial charge is 0.308 e. The van der Waals surface area contributed by atoms with Gasteiger partial charge in [0.25, 0.3) is 0 Å². The monoisotopic (exact) mass is 543 g/mol. The van der Waals surface area contributed by atoms with Crippen molar-refractivity contribution in [1.82, 2.24) is 4.98 Å². The third kappa shape index (κ3) is 3.71. The Kier molecular flexibility index (Phi) is 6.16. The Morgan fingerprint density at radius 2 is 1.07 bits per heavy atom. The van der Waals surface area contributed by atoms with Gasteiger partial charge in [-0.1, -0.05) is 133 Å². The van der Waals surface area contributed by atoms with Gasteiger partial charge in [-0.3, -0.25) is 0 Å². The first kappa shape index (κ1) is 26.1. The quantitative estimate of drug-likeness (QED) is 0.222. The first-order chi connectivity index (χ1) is 20.4. The van der Waals surface area contributed by atoms with Gasteiger partial charge in [-0.05, 0) is 58.9 Å². The van der Waals surface area contributed by atoms with E-state index in [0.717, 1.165) is 61.1 Å². The second-order valence-electron chi connectivity index (χ2n) is 11.3. The van der Waals surface area contributed by atoms with E-state index in [1.54, 1.807) is 0 Å². The van der Waals surface area contributed by atoms with Gasteiger partial charge in [0, 0.05) is 16.5 Å². The Balaban J connectivity index is 1.78. The molecule has 3 heteroatoms. The highest BCUT2D eigenvalue weighted by Crippen LogP contribution is 2.59. The van der Waals surface area contributed by atoms with Gasteiger partial charge >= 0.3 is 0 Å². The van der Waals surface area contributed by atoms with E-state index in [1.807, 2.05) is 18.2 Å². The van der Waals surface area contributed by atoms with E-state index in [-0.39, 0.29) is 0 Å². The number of pyridine rings is 1. The Hall–Kier alpha value is -4.83. The SMILES string of the molecule is Cc1ccc2cc3c(nc2c1C)C(c1ccccc1)=C(c1ccccc1)C(c1ccccc1)(c1ccccc1)C3(N)N. The highest BCUT2D eigenvalue weighted by Gasteiger charge is 2.58. The summed E-state index contributed by atoms with van der Waals surface area (Å²) in [5.41, 5.74) is 24.3. The van der Waals surface area contributed by atoms with E-state index in [4.69, 9.17) is 16.5 Å². The third-order valence-electron chi connectivity index (χ3n) is 8.98. The van der Waals surface area contributed by atoms with Crippen molar-refractivity contribution in [1.29, 1.82) is 0 Å². The summed E-state index contributed by atoms with van der Waals surface area (Å²) in [7, 11) is 0. The molecule has 0 fully saturated rings. The second kappa shape index (κ2) is 9.92. The van der Waals surface area contributed by atoms with Gasteiger partial charge < -0.3 is 11.5 Å². The molecule has 0 aliphatic heterocycles. The topological polar surface area (TPSA) is 64.9 Å². The van der Waals surface area contributed by atoms with Crippen molar-refractivity contribution in [2.24, 2.45) is 11.5 Å². The summed E-state index contributed by atoms with van der Waals surface area (Å²) >= 11 is 0. The van der Waals surface area contributed by atoms with Crippen molar-refractivity contribution in [2.45, 2.75) is 24.9 Å². The molecule has 1 aliphatic rings. The predicted molar refractivity (Wildman–Crippen MR) is 174 cm³/mol. The molecule has 0 bridgehead atoms. The lowest BCUT2D eigenvalue weighted by molar-refractivity contribution is 0.332. The van der Waals surface area contributed by atoms with Crippen molar-refractivity contribution in [3.63, 3.8) is 0 Å². The Labute approximate surface area is 247 Å². The van der Waals surface area contributed by atoms with E-state index in [9.17, 15) is 0 Å². The van der Waals surface area contributed by atoms with E-state index in [1.165, 1.54) is 5.56 Å². The number of fused-ring (bicyclic) bond motifs is 2. The van der Waals surface area contributed by atoms with Gasteiger partial charge in [0.2, 0.25) is 0 Å². The van der Waals surface area contributed by atoms with Crippen LogP contribution in [0.5, 0.6) is 0 Å². The fourth-order valence-electron chi connectivity index (χ4n) is 6.86. The van der Waals surface area contributed by atoms with E-state index in [2.05, 4.69) is 135 Å². The normalized spacial score (nSPS) is 15.4.